The van der Waals surface area contributed by atoms with Crippen molar-refractivity contribution in [2.75, 3.05) is 25.0 Å². The number of carbonyl (C=O) groups is 4. The molecule has 0 saturated heterocycles. The smallest absolute Gasteiger partial charge is 0.326 e. The molecule has 0 unspecified atom stereocenters. The molecule has 0 saturated carbocycles. The summed E-state index contributed by atoms with van der Waals surface area (Å²) in [6.07, 6.45) is 1.61. The van der Waals surface area contributed by atoms with E-state index >= 15 is 0 Å². The van der Waals surface area contributed by atoms with Crippen LogP contribution in [0.2, 0.25) is 0 Å². The summed E-state index contributed by atoms with van der Waals surface area (Å²) in [5.74, 6) is -1.40. The van der Waals surface area contributed by atoms with Gasteiger partial charge in [-0.25, -0.2) is 8.42 Å². The van der Waals surface area contributed by atoms with Crippen LogP contribution in [0.25, 0.3) is 0 Å². The molecule has 0 aromatic heterocycles. The van der Waals surface area contributed by atoms with Crippen molar-refractivity contribution in [2.45, 2.75) is 63.5 Å². The largest absolute Gasteiger partial charge is 0.459 e. The number of aliphatic imine (C=N–C) groups is 1. The molecule has 0 aliphatic carbocycles. The number of aryl methyl sites for hydroxylation is 1. The third-order valence-corrected chi connectivity index (χ3v) is 7.44. The van der Waals surface area contributed by atoms with Gasteiger partial charge in [0.2, 0.25) is 21.8 Å². The van der Waals surface area contributed by atoms with Gasteiger partial charge >= 0.3 is 5.97 Å². The van der Waals surface area contributed by atoms with Gasteiger partial charge in [-0.2, -0.15) is 4.72 Å². The van der Waals surface area contributed by atoms with Crippen LogP contribution in [-0.2, 0) is 35.6 Å². The van der Waals surface area contributed by atoms with Crippen LogP contribution in [0.4, 0.5) is 5.69 Å². The Morgan fingerprint density at radius 3 is 2.26 bits per heavy atom. The SMILES string of the molecule is CC(=O)Nc1ccc(S(=O)(=O)N[C@@H](CNC(=O)c2ccc(CCC(=O)NC3=NCCCN3)cc2)C(=O)OC(C)(C)C)cc1. The molecule has 1 atom stereocenters. The number of ether oxygens (including phenoxy) is 1. The summed E-state index contributed by atoms with van der Waals surface area (Å²) in [4.78, 5) is 53.3. The number of anilines is 1. The Hall–Kier alpha value is -4.30. The molecule has 3 rings (SSSR count). The predicted octanol–water partition coefficient (Wildman–Crippen LogP) is 1.46. The third-order valence-electron chi connectivity index (χ3n) is 5.95. The van der Waals surface area contributed by atoms with Crippen molar-refractivity contribution in [2.24, 2.45) is 4.99 Å². The van der Waals surface area contributed by atoms with Crippen molar-refractivity contribution in [3.63, 3.8) is 0 Å². The summed E-state index contributed by atoms with van der Waals surface area (Å²) in [7, 11) is -4.21. The molecule has 2 aromatic rings. The maximum Gasteiger partial charge on any atom is 0.326 e. The number of nitrogens with zero attached hydrogens (tertiary/aromatic N) is 1. The molecular formula is C29H38N6O7S. The monoisotopic (exact) mass is 614 g/mol. The van der Waals surface area contributed by atoms with Crippen LogP contribution >= 0.6 is 0 Å². The van der Waals surface area contributed by atoms with Gasteiger partial charge in [0.15, 0.2) is 5.96 Å². The quantitative estimate of drug-likeness (QED) is 0.236. The summed E-state index contributed by atoms with van der Waals surface area (Å²) in [6, 6.07) is 10.6. The second-order valence-corrected chi connectivity index (χ2v) is 12.6. The lowest BCUT2D eigenvalue weighted by Gasteiger charge is -2.24. The Bertz CT molecular complexity index is 1450. The summed E-state index contributed by atoms with van der Waals surface area (Å²) in [5.41, 5.74) is 0.628. The first kappa shape index (κ1) is 33.2. The van der Waals surface area contributed by atoms with Crippen molar-refractivity contribution in [3.8, 4) is 0 Å². The zero-order valence-electron chi connectivity index (χ0n) is 24.7. The summed E-state index contributed by atoms with van der Waals surface area (Å²) < 4.78 is 33.8. The topological polar surface area (TPSA) is 184 Å². The van der Waals surface area contributed by atoms with Gasteiger partial charge in [0.1, 0.15) is 11.6 Å². The van der Waals surface area contributed by atoms with Crippen LogP contribution in [0.3, 0.4) is 0 Å². The Labute approximate surface area is 251 Å². The lowest BCUT2D eigenvalue weighted by Crippen LogP contribution is -2.50. The van der Waals surface area contributed by atoms with Crippen LogP contribution < -0.4 is 26.0 Å². The van der Waals surface area contributed by atoms with Crippen LogP contribution in [0.5, 0.6) is 0 Å². The van der Waals surface area contributed by atoms with Crippen LogP contribution in [-0.4, -0.2) is 69.3 Å². The molecule has 0 bridgehead atoms. The Morgan fingerprint density at radius 2 is 1.67 bits per heavy atom. The zero-order chi connectivity index (χ0) is 31.6. The molecule has 0 fully saturated rings. The number of benzene rings is 2. The molecule has 14 heteroatoms. The van der Waals surface area contributed by atoms with E-state index in [0.717, 1.165) is 18.5 Å². The first-order valence-electron chi connectivity index (χ1n) is 13.8. The van der Waals surface area contributed by atoms with Gasteiger partial charge in [0, 0.05) is 44.2 Å². The van der Waals surface area contributed by atoms with E-state index in [1.807, 2.05) is 0 Å². The van der Waals surface area contributed by atoms with Crippen LogP contribution in [0.1, 0.15) is 56.5 Å². The fourth-order valence-corrected chi connectivity index (χ4v) is 5.09. The standard InChI is InChI=1S/C29H38N6O7S/c1-19(36)33-22-11-13-23(14-12-22)43(40,41)35-24(27(39)42-29(2,3)4)18-32-26(38)21-9-6-20(7-10-21)8-15-25(37)34-28-30-16-5-17-31-28/h6-7,9-14,24,35H,5,8,15-18H2,1-4H3,(H,32,38)(H,33,36)(H2,30,31,34,37)/t24-/m0/s1. The van der Waals surface area contributed by atoms with E-state index in [1.54, 1.807) is 45.0 Å². The zero-order valence-corrected chi connectivity index (χ0v) is 25.5. The van der Waals surface area contributed by atoms with Crippen molar-refractivity contribution < 1.29 is 32.3 Å². The highest BCUT2D eigenvalue weighted by Gasteiger charge is 2.30. The summed E-state index contributed by atoms with van der Waals surface area (Å²) >= 11 is 0. The van der Waals surface area contributed by atoms with Gasteiger partial charge in [-0.3, -0.25) is 29.5 Å². The van der Waals surface area contributed by atoms with Gasteiger partial charge in [-0.15, -0.1) is 0 Å². The predicted molar refractivity (Wildman–Crippen MR) is 161 cm³/mol. The third kappa shape index (κ3) is 11.1. The number of hydrogen-bond acceptors (Lipinski definition) is 9. The number of esters is 1. The number of rotatable bonds is 11. The minimum atomic E-state index is -4.21. The van der Waals surface area contributed by atoms with Gasteiger partial charge in [0.25, 0.3) is 5.91 Å². The maximum absolute atomic E-state index is 13.1. The minimum absolute atomic E-state index is 0.145. The minimum Gasteiger partial charge on any atom is -0.459 e. The van der Waals surface area contributed by atoms with Crippen molar-refractivity contribution >= 4 is 45.4 Å². The lowest BCUT2D eigenvalue weighted by molar-refractivity contribution is -0.156. The van der Waals surface area contributed by atoms with E-state index in [-0.39, 0.29) is 35.2 Å². The Kier molecular flexibility index (Phi) is 11.4. The summed E-state index contributed by atoms with van der Waals surface area (Å²) in [6.45, 7) is 7.31. The first-order valence-corrected chi connectivity index (χ1v) is 15.3. The molecule has 1 heterocycles. The van der Waals surface area contributed by atoms with E-state index < -0.39 is 33.5 Å². The Balaban J connectivity index is 1.61. The molecule has 2 aromatic carbocycles. The van der Waals surface area contributed by atoms with E-state index in [2.05, 4.69) is 31.0 Å². The highest BCUT2D eigenvalue weighted by molar-refractivity contribution is 7.89. The molecule has 43 heavy (non-hydrogen) atoms. The van der Waals surface area contributed by atoms with Crippen molar-refractivity contribution in [3.05, 3.63) is 59.7 Å². The fraction of sp³-hybridized carbons (Fsp3) is 0.414. The molecule has 0 radical (unpaired) electrons. The molecular weight excluding hydrogens is 576 g/mol. The number of nitrogens with one attached hydrogen (secondary N) is 5. The maximum atomic E-state index is 13.1. The van der Waals surface area contributed by atoms with E-state index in [0.29, 0.717) is 24.6 Å². The number of carbonyl (C=O) groups excluding carboxylic acids is 4. The van der Waals surface area contributed by atoms with Crippen LogP contribution in [0.15, 0.2) is 58.4 Å². The average molecular weight is 615 g/mol. The second kappa shape index (κ2) is 14.7. The summed E-state index contributed by atoms with van der Waals surface area (Å²) in [5, 5.41) is 10.9. The molecule has 5 N–H and O–H groups in total. The lowest BCUT2D eigenvalue weighted by atomic mass is 10.1. The number of hydrogen-bond donors (Lipinski definition) is 5. The number of guanidine groups is 1. The van der Waals surface area contributed by atoms with Gasteiger partial charge in [-0.05, 0) is 75.6 Å². The molecule has 3 amide bonds. The first-order chi connectivity index (χ1) is 20.2. The van der Waals surface area contributed by atoms with Gasteiger partial charge in [-0.1, -0.05) is 12.1 Å². The normalized spacial score (nSPS) is 14.0. The molecule has 0 spiro atoms. The van der Waals surface area contributed by atoms with E-state index in [4.69, 9.17) is 4.74 Å². The van der Waals surface area contributed by atoms with Crippen molar-refractivity contribution in [1.29, 1.82) is 0 Å². The number of amides is 3. The van der Waals surface area contributed by atoms with E-state index in [9.17, 15) is 27.6 Å². The molecule has 1 aliphatic heterocycles. The fourth-order valence-electron chi connectivity index (χ4n) is 3.91. The molecule has 13 nitrogen and oxygen atoms in total. The molecule has 232 valence electrons. The Morgan fingerprint density at radius 1 is 1.00 bits per heavy atom. The van der Waals surface area contributed by atoms with Gasteiger partial charge < -0.3 is 20.7 Å². The van der Waals surface area contributed by atoms with Crippen LogP contribution in [0, 0.1) is 0 Å². The van der Waals surface area contributed by atoms with E-state index in [1.165, 1.54) is 31.2 Å². The van der Waals surface area contributed by atoms with Gasteiger partial charge in [0.05, 0.1) is 4.90 Å². The number of sulfonamides is 1. The average Bonchev–Trinajstić information content (AvgIpc) is 2.94. The molecule has 1 aliphatic rings. The van der Waals surface area contributed by atoms with Crippen molar-refractivity contribution in [1.82, 2.24) is 20.7 Å². The highest BCUT2D eigenvalue weighted by atomic mass is 32.2. The highest BCUT2D eigenvalue weighted by Crippen LogP contribution is 2.16. The second-order valence-electron chi connectivity index (χ2n) is 10.9.